The molecule has 7 heteroatoms. The van der Waals surface area contributed by atoms with Crippen molar-refractivity contribution in [2.24, 2.45) is 11.7 Å². The van der Waals surface area contributed by atoms with E-state index in [2.05, 4.69) is 4.72 Å². The predicted octanol–water partition coefficient (Wildman–Crippen LogP) is 0.267. The van der Waals surface area contributed by atoms with E-state index in [1.54, 1.807) is 13.8 Å². The van der Waals surface area contributed by atoms with Crippen molar-refractivity contribution in [1.82, 2.24) is 9.03 Å². The molecule has 0 radical (unpaired) electrons. The first-order valence-corrected chi connectivity index (χ1v) is 7.23. The van der Waals surface area contributed by atoms with Gasteiger partial charge in [0, 0.05) is 13.1 Å². The summed E-state index contributed by atoms with van der Waals surface area (Å²) in [5.41, 5.74) is 4.33. The molecule has 0 spiro atoms. The molecule has 1 aliphatic heterocycles. The van der Waals surface area contributed by atoms with Crippen LogP contribution in [-0.2, 0) is 10.2 Å². The van der Waals surface area contributed by atoms with Gasteiger partial charge < -0.3 is 5.73 Å². The second kappa shape index (κ2) is 4.91. The summed E-state index contributed by atoms with van der Waals surface area (Å²) in [4.78, 5) is 0. The Morgan fingerprint density at radius 1 is 1.53 bits per heavy atom. The first kappa shape index (κ1) is 14.4. The standard InChI is InChI=1S/C10H22N4O2S/c1-8-5-4-6-14(7-8)17(15,16)13-10(2,3)9(11)12/h8,13H,4-7H2,1-3H3,(H3,11,12). The topological polar surface area (TPSA) is 99.3 Å². The lowest BCUT2D eigenvalue weighted by atomic mass is 10.0. The summed E-state index contributed by atoms with van der Waals surface area (Å²) in [5.74, 6) is 0.187. The van der Waals surface area contributed by atoms with Crippen molar-refractivity contribution in [3.63, 3.8) is 0 Å². The van der Waals surface area contributed by atoms with E-state index < -0.39 is 15.7 Å². The van der Waals surface area contributed by atoms with Gasteiger partial charge in [-0.2, -0.15) is 17.4 Å². The smallest absolute Gasteiger partial charge is 0.280 e. The van der Waals surface area contributed by atoms with E-state index in [9.17, 15) is 8.42 Å². The normalized spacial score (nSPS) is 23.6. The summed E-state index contributed by atoms with van der Waals surface area (Å²) in [7, 11) is -3.56. The van der Waals surface area contributed by atoms with Crippen LogP contribution in [0.1, 0.15) is 33.6 Å². The molecule has 1 saturated heterocycles. The Morgan fingerprint density at radius 2 is 2.12 bits per heavy atom. The zero-order valence-electron chi connectivity index (χ0n) is 10.7. The van der Waals surface area contributed by atoms with Gasteiger partial charge in [0.25, 0.3) is 10.2 Å². The van der Waals surface area contributed by atoms with E-state index in [0.29, 0.717) is 19.0 Å². The number of hydrogen-bond donors (Lipinski definition) is 3. The molecule has 6 nitrogen and oxygen atoms in total. The first-order chi connectivity index (χ1) is 7.65. The average Bonchev–Trinajstić information content (AvgIpc) is 2.15. The second-order valence-electron chi connectivity index (χ2n) is 5.25. The van der Waals surface area contributed by atoms with Gasteiger partial charge in [-0.15, -0.1) is 0 Å². The number of amidine groups is 1. The second-order valence-corrected chi connectivity index (χ2v) is 6.92. The van der Waals surface area contributed by atoms with E-state index in [-0.39, 0.29) is 5.84 Å². The SMILES string of the molecule is CC1CCCN(S(=O)(=O)NC(C)(C)C(=N)N)C1. The highest BCUT2D eigenvalue weighted by molar-refractivity contribution is 7.87. The third-order valence-electron chi connectivity index (χ3n) is 3.02. The molecule has 0 bridgehead atoms. The molecule has 4 N–H and O–H groups in total. The van der Waals surface area contributed by atoms with Crippen LogP contribution < -0.4 is 10.5 Å². The average molecular weight is 262 g/mol. The molecular weight excluding hydrogens is 240 g/mol. The van der Waals surface area contributed by atoms with Crippen molar-refractivity contribution in [2.75, 3.05) is 13.1 Å². The van der Waals surface area contributed by atoms with Crippen LogP contribution in [0.4, 0.5) is 0 Å². The molecule has 17 heavy (non-hydrogen) atoms. The summed E-state index contributed by atoms with van der Waals surface area (Å²) in [5, 5.41) is 7.36. The van der Waals surface area contributed by atoms with Crippen LogP contribution in [0.5, 0.6) is 0 Å². The van der Waals surface area contributed by atoms with Crippen LogP contribution in [0.25, 0.3) is 0 Å². The molecular formula is C10H22N4O2S. The Kier molecular flexibility index (Phi) is 4.16. The molecule has 0 aliphatic carbocycles. The Balaban J connectivity index is 2.78. The summed E-state index contributed by atoms with van der Waals surface area (Å²) in [6, 6.07) is 0. The highest BCUT2D eigenvalue weighted by Crippen LogP contribution is 2.18. The predicted molar refractivity (Wildman–Crippen MR) is 68.0 cm³/mol. The molecule has 1 heterocycles. The molecule has 1 fully saturated rings. The van der Waals surface area contributed by atoms with Gasteiger partial charge in [0.1, 0.15) is 5.84 Å². The summed E-state index contributed by atoms with van der Waals surface area (Å²) in [6.07, 6.45) is 1.94. The van der Waals surface area contributed by atoms with Crippen LogP contribution in [0.3, 0.4) is 0 Å². The Labute approximate surface area is 103 Å². The zero-order valence-corrected chi connectivity index (χ0v) is 11.5. The highest BCUT2D eigenvalue weighted by Gasteiger charge is 2.33. The third kappa shape index (κ3) is 3.65. The Hall–Kier alpha value is -0.660. The highest BCUT2D eigenvalue weighted by atomic mass is 32.2. The van der Waals surface area contributed by atoms with Crippen LogP contribution in [0, 0.1) is 11.3 Å². The van der Waals surface area contributed by atoms with Crippen molar-refractivity contribution in [1.29, 1.82) is 5.41 Å². The molecule has 1 rings (SSSR count). The van der Waals surface area contributed by atoms with E-state index in [1.165, 1.54) is 4.31 Å². The minimum absolute atomic E-state index is 0.189. The number of nitrogens with two attached hydrogens (primary N) is 1. The molecule has 0 saturated carbocycles. The minimum Gasteiger partial charge on any atom is -0.386 e. The fourth-order valence-electron chi connectivity index (χ4n) is 1.81. The van der Waals surface area contributed by atoms with Crippen molar-refractivity contribution >= 4 is 16.0 Å². The molecule has 1 unspecified atom stereocenters. The lowest BCUT2D eigenvalue weighted by Crippen LogP contribution is -2.57. The summed E-state index contributed by atoms with van der Waals surface area (Å²) < 4.78 is 28.1. The summed E-state index contributed by atoms with van der Waals surface area (Å²) in [6.45, 7) is 6.27. The van der Waals surface area contributed by atoms with Crippen molar-refractivity contribution in [3.05, 3.63) is 0 Å². The van der Waals surface area contributed by atoms with E-state index >= 15 is 0 Å². The number of nitrogens with zero attached hydrogens (tertiary/aromatic N) is 1. The Bertz CT molecular complexity index is 391. The molecule has 100 valence electrons. The lowest BCUT2D eigenvalue weighted by Gasteiger charge is -2.33. The lowest BCUT2D eigenvalue weighted by molar-refractivity contribution is 0.276. The number of rotatable bonds is 4. The molecule has 1 atom stereocenters. The number of hydrogen-bond acceptors (Lipinski definition) is 3. The van der Waals surface area contributed by atoms with Gasteiger partial charge in [-0.05, 0) is 32.6 Å². The molecule has 0 amide bonds. The molecule has 0 aromatic carbocycles. The fraction of sp³-hybridized carbons (Fsp3) is 0.900. The van der Waals surface area contributed by atoms with Gasteiger partial charge in [0.05, 0.1) is 5.54 Å². The molecule has 1 aliphatic rings. The zero-order chi connectivity index (χ0) is 13.3. The maximum atomic E-state index is 12.1. The molecule has 0 aromatic rings. The Morgan fingerprint density at radius 3 is 2.59 bits per heavy atom. The van der Waals surface area contributed by atoms with Crippen LogP contribution in [0.2, 0.25) is 0 Å². The van der Waals surface area contributed by atoms with Crippen LogP contribution in [-0.4, -0.2) is 37.2 Å². The van der Waals surface area contributed by atoms with Gasteiger partial charge in [-0.25, -0.2) is 0 Å². The first-order valence-electron chi connectivity index (χ1n) is 5.79. The van der Waals surface area contributed by atoms with Crippen LogP contribution >= 0.6 is 0 Å². The van der Waals surface area contributed by atoms with Gasteiger partial charge in [0.15, 0.2) is 0 Å². The quantitative estimate of drug-likeness (QED) is 0.501. The number of piperidine rings is 1. The minimum atomic E-state index is -3.56. The van der Waals surface area contributed by atoms with Gasteiger partial charge >= 0.3 is 0 Å². The van der Waals surface area contributed by atoms with Gasteiger partial charge in [-0.3, -0.25) is 5.41 Å². The van der Waals surface area contributed by atoms with E-state index in [0.717, 1.165) is 12.8 Å². The van der Waals surface area contributed by atoms with Crippen molar-refractivity contribution in [3.8, 4) is 0 Å². The summed E-state index contributed by atoms with van der Waals surface area (Å²) >= 11 is 0. The molecule has 0 aromatic heterocycles. The monoisotopic (exact) mass is 262 g/mol. The number of nitrogens with one attached hydrogen (secondary N) is 2. The van der Waals surface area contributed by atoms with E-state index in [1.807, 2.05) is 6.92 Å². The maximum absolute atomic E-state index is 12.1. The van der Waals surface area contributed by atoms with Crippen LogP contribution in [0.15, 0.2) is 0 Å². The largest absolute Gasteiger partial charge is 0.386 e. The van der Waals surface area contributed by atoms with Gasteiger partial charge in [-0.1, -0.05) is 6.92 Å². The fourth-order valence-corrected chi connectivity index (χ4v) is 3.51. The third-order valence-corrected chi connectivity index (χ3v) is 4.80. The van der Waals surface area contributed by atoms with Gasteiger partial charge in [0.2, 0.25) is 0 Å². The maximum Gasteiger partial charge on any atom is 0.280 e. The van der Waals surface area contributed by atoms with Crippen molar-refractivity contribution in [2.45, 2.75) is 39.2 Å². The van der Waals surface area contributed by atoms with Crippen molar-refractivity contribution < 1.29 is 8.42 Å². The van der Waals surface area contributed by atoms with E-state index in [4.69, 9.17) is 11.1 Å².